The molecule has 1 aromatic carbocycles. The van der Waals surface area contributed by atoms with Gasteiger partial charge in [0.05, 0.1) is 6.61 Å². The van der Waals surface area contributed by atoms with E-state index in [1.807, 2.05) is 57.3 Å². The van der Waals surface area contributed by atoms with Crippen LogP contribution in [0.25, 0.3) is 23.3 Å². The molecule has 0 saturated carbocycles. The molecule has 160 valence electrons. The van der Waals surface area contributed by atoms with Gasteiger partial charge < -0.3 is 9.30 Å². The molecule has 0 spiro atoms. The highest BCUT2D eigenvalue weighted by Gasteiger charge is 2.18. The van der Waals surface area contributed by atoms with Gasteiger partial charge in [-0.1, -0.05) is 39.0 Å². The molecule has 0 aliphatic rings. The van der Waals surface area contributed by atoms with Gasteiger partial charge in [-0.2, -0.15) is 0 Å². The maximum atomic E-state index is 13.0. The lowest BCUT2D eigenvalue weighted by Crippen LogP contribution is -2.40. The SMILES string of the molecule is CCCOc1ccc(/C=C/c2nc3c(c(=O)n(CCC)c(=O)n3CCC)n2C)cc1. The Bertz CT molecular complexity index is 1150. The van der Waals surface area contributed by atoms with Gasteiger partial charge in [0.15, 0.2) is 11.2 Å². The van der Waals surface area contributed by atoms with E-state index in [0.717, 1.165) is 30.6 Å². The van der Waals surface area contributed by atoms with Crippen molar-refractivity contribution < 1.29 is 4.74 Å². The van der Waals surface area contributed by atoms with Crippen LogP contribution in [0.2, 0.25) is 0 Å². The van der Waals surface area contributed by atoms with Crippen LogP contribution in [0.1, 0.15) is 51.4 Å². The first-order valence-electron chi connectivity index (χ1n) is 10.6. The van der Waals surface area contributed by atoms with Crippen molar-refractivity contribution in [1.29, 1.82) is 0 Å². The molecule has 7 heteroatoms. The Balaban J connectivity index is 2.03. The van der Waals surface area contributed by atoms with Crippen molar-refractivity contribution in [1.82, 2.24) is 18.7 Å². The molecule has 0 radical (unpaired) electrons. The number of aromatic nitrogens is 4. The maximum Gasteiger partial charge on any atom is 0.332 e. The Morgan fingerprint density at radius 3 is 2.23 bits per heavy atom. The van der Waals surface area contributed by atoms with Crippen LogP contribution in [-0.2, 0) is 20.1 Å². The van der Waals surface area contributed by atoms with Crippen LogP contribution in [-0.4, -0.2) is 25.3 Å². The number of hydrogen-bond donors (Lipinski definition) is 0. The summed E-state index contributed by atoms with van der Waals surface area (Å²) in [4.78, 5) is 30.4. The minimum Gasteiger partial charge on any atom is -0.494 e. The van der Waals surface area contributed by atoms with Gasteiger partial charge in [0.2, 0.25) is 0 Å². The number of ether oxygens (including phenoxy) is 1. The van der Waals surface area contributed by atoms with Gasteiger partial charge in [-0.25, -0.2) is 9.78 Å². The van der Waals surface area contributed by atoms with Gasteiger partial charge in [0.1, 0.15) is 11.6 Å². The van der Waals surface area contributed by atoms with Crippen LogP contribution in [0.4, 0.5) is 0 Å². The fourth-order valence-electron chi connectivity index (χ4n) is 3.44. The largest absolute Gasteiger partial charge is 0.494 e. The van der Waals surface area contributed by atoms with Crippen molar-refractivity contribution in [2.75, 3.05) is 6.61 Å². The van der Waals surface area contributed by atoms with E-state index in [-0.39, 0.29) is 11.2 Å². The van der Waals surface area contributed by atoms with E-state index in [2.05, 4.69) is 11.9 Å². The fraction of sp³-hybridized carbons (Fsp3) is 0.435. The zero-order valence-corrected chi connectivity index (χ0v) is 18.2. The summed E-state index contributed by atoms with van der Waals surface area (Å²) in [6.07, 6.45) is 6.28. The van der Waals surface area contributed by atoms with Gasteiger partial charge in [-0.3, -0.25) is 13.9 Å². The van der Waals surface area contributed by atoms with Crippen LogP contribution in [0.3, 0.4) is 0 Å². The highest BCUT2D eigenvalue weighted by atomic mass is 16.5. The molecule has 2 aromatic heterocycles. The standard InChI is InChI=1S/C23H30N4O3/c1-5-14-26-21-20(22(28)27(15-6-2)23(26)29)25(4)19(24-21)13-10-17-8-11-18(12-9-17)30-16-7-3/h8-13H,5-7,14-16H2,1-4H3/b13-10+. The molecule has 0 unspecified atom stereocenters. The Morgan fingerprint density at radius 2 is 1.60 bits per heavy atom. The topological polar surface area (TPSA) is 71.1 Å². The molecular formula is C23H30N4O3. The Kier molecular flexibility index (Phi) is 6.92. The average Bonchev–Trinajstić information content (AvgIpc) is 3.08. The third-order valence-electron chi connectivity index (χ3n) is 4.95. The molecule has 3 aromatic rings. The molecule has 0 bridgehead atoms. The second-order valence-electron chi connectivity index (χ2n) is 7.34. The van der Waals surface area contributed by atoms with Crippen molar-refractivity contribution in [3.05, 3.63) is 56.5 Å². The normalized spacial score (nSPS) is 11.6. The molecule has 0 fully saturated rings. The Hall–Kier alpha value is -3.09. The maximum absolute atomic E-state index is 13.0. The third-order valence-corrected chi connectivity index (χ3v) is 4.95. The van der Waals surface area contributed by atoms with Gasteiger partial charge in [-0.15, -0.1) is 0 Å². The number of rotatable bonds is 9. The summed E-state index contributed by atoms with van der Waals surface area (Å²) in [7, 11) is 1.81. The molecule has 7 nitrogen and oxygen atoms in total. The summed E-state index contributed by atoms with van der Waals surface area (Å²) in [6, 6.07) is 7.83. The molecule has 2 heterocycles. The minimum atomic E-state index is -0.285. The van der Waals surface area contributed by atoms with Gasteiger partial charge in [-0.05, 0) is 43.0 Å². The minimum absolute atomic E-state index is 0.281. The first kappa shape index (κ1) is 21.6. The van der Waals surface area contributed by atoms with Crippen molar-refractivity contribution in [2.45, 2.75) is 53.1 Å². The number of imidazole rings is 1. The first-order valence-corrected chi connectivity index (χ1v) is 10.6. The van der Waals surface area contributed by atoms with Crippen molar-refractivity contribution in [3.63, 3.8) is 0 Å². The van der Waals surface area contributed by atoms with Crippen molar-refractivity contribution in [3.8, 4) is 5.75 Å². The number of fused-ring (bicyclic) bond motifs is 1. The lowest BCUT2D eigenvalue weighted by molar-refractivity contribution is 0.317. The van der Waals surface area contributed by atoms with Gasteiger partial charge >= 0.3 is 5.69 Å². The van der Waals surface area contributed by atoms with E-state index in [4.69, 9.17) is 4.74 Å². The number of benzene rings is 1. The van der Waals surface area contributed by atoms with Crippen LogP contribution >= 0.6 is 0 Å². The van der Waals surface area contributed by atoms with E-state index in [1.165, 1.54) is 4.57 Å². The summed E-state index contributed by atoms with van der Waals surface area (Å²) in [6.45, 7) is 7.66. The van der Waals surface area contributed by atoms with Crippen molar-refractivity contribution in [2.24, 2.45) is 7.05 Å². The van der Waals surface area contributed by atoms with Crippen LogP contribution in [0, 0.1) is 0 Å². The fourth-order valence-corrected chi connectivity index (χ4v) is 3.44. The molecule has 3 rings (SSSR count). The zero-order chi connectivity index (χ0) is 21.7. The lowest BCUT2D eigenvalue weighted by atomic mass is 10.2. The Morgan fingerprint density at radius 1 is 0.933 bits per heavy atom. The Labute approximate surface area is 176 Å². The summed E-state index contributed by atoms with van der Waals surface area (Å²) >= 11 is 0. The summed E-state index contributed by atoms with van der Waals surface area (Å²) in [5.41, 5.74) is 1.34. The highest BCUT2D eigenvalue weighted by Crippen LogP contribution is 2.16. The second-order valence-corrected chi connectivity index (χ2v) is 7.34. The summed E-state index contributed by atoms with van der Waals surface area (Å²) < 4.78 is 10.3. The van der Waals surface area contributed by atoms with E-state index >= 15 is 0 Å². The van der Waals surface area contributed by atoms with E-state index in [1.54, 1.807) is 9.13 Å². The molecule has 0 amide bonds. The van der Waals surface area contributed by atoms with Crippen LogP contribution in [0.5, 0.6) is 5.75 Å². The molecule has 0 N–H and O–H groups in total. The zero-order valence-electron chi connectivity index (χ0n) is 18.2. The highest BCUT2D eigenvalue weighted by molar-refractivity contribution is 5.76. The first-order chi connectivity index (χ1) is 14.5. The predicted octanol–water partition coefficient (Wildman–Crippen LogP) is 3.68. The molecule has 30 heavy (non-hydrogen) atoms. The van der Waals surface area contributed by atoms with Gasteiger partial charge in [0, 0.05) is 20.1 Å². The van der Waals surface area contributed by atoms with E-state index < -0.39 is 0 Å². The van der Waals surface area contributed by atoms with Crippen LogP contribution in [0.15, 0.2) is 33.9 Å². The molecular weight excluding hydrogens is 380 g/mol. The number of aryl methyl sites for hydroxylation is 2. The second kappa shape index (κ2) is 9.61. The monoisotopic (exact) mass is 410 g/mol. The molecule has 0 atom stereocenters. The van der Waals surface area contributed by atoms with E-state index in [0.29, 0.717) is 36.7 Å². The van der Waals surface area contributed by atoms with Crippen molar-refractivity contribution >= 4 is 23.3 Å². The molecule has 0 aliphatic heterocycles. The summed E-state index contributed by atoms with van der Waals surface area (Å²) in [5.74, 6) is 1.48. The van der Waals surface area contributed by atoms with E-state index in [9.17, 15) is 9.59 Å². The molecule has 0 aliphatic carbocycles. The summed E-state index contributed by atoms with van der Waals surface area (Å²) in [5, 5.41) is 0. The predicted molar refractivity (Wildman–Crippen MR) is 121 cm³/mol. The third kappa shape index (κ3) is 4.25. The number of nitrogens with zero attached hydrogens (tertiary/aromatic N) is 4. The lowest BCUT2D eigenvalue weighted by Gasteiger charge is -2.10. The smallest absolute Gasteiger partial charge is 0.332 e. The quantitative estimate of drug-likeness (QED) is 0.540. The van der Waals surface area contributed by atoms with Gasteiger partial charge in [0.25, 0.3) is 5.56 Å². The average molecular weight is 411 g/mol. The molecule has 0 saturated heterocycles. The number of hydrogen-bond acceptors (Lipinski definition) is 4. The van der Waals surface area contributed by atoms with Crippen LogP contribution < -0.4 is 16.0 Å².